The second kappa shape index (κ2) is 5.10. The zero-order chi connectivity index (χ0) is 13.3. The van der Waals surface area contributed by atoms with Crippen molar-refractivity contribution in [1.29, 1.82) is 0 Å². The minimum atomic E-state index is -0.0780. The van der Waals surface area contributed by atoms with Gasteiger partial charge in [0.2, 0.25) is 0 Å². The lowest BCUT2D eigenvalue weighted by Gasteiger charge is -2.46. The predicted octanol–water partition coefficient (Wildman–Crippen LogP) is 2.36. The molecule has 4 nitrogen and oxygen atoms in total. The Morgan fingerprint density at radius 2 is 2.32 bits per heavy atom. The van der Waals surface area contributed by atoms with E-state index in [-0.39, 0.29) is 18.3 Å². The van der Waals surface area contributed by atoms with Crippen molar-refractivity contribution >= 4 is 0 Å². The van der Waals surface area contributed by atoms with Crippen LogP contribution in [-0.2, 0) is 11.3 Å². The monoisotopic (exact) mass is 263 g/mol. The lowest BCUT2D eigenvalue weighted by Crippen LogP contribution is -2.48. The zero-order valence-electron chi connectivity index (χ0n) is 11.4. The third-order valence-electron chi connectivity index (χ3n) is 4.23. The molecule has 1 spiro atoms. The minimum absolute atomic E-state index is 0.0780. The van der Waals surface area contributed by atoms with Gasteiger partial charge in [-0.05, 0) is 38.3 Å². The predicted molar refractivity (Wildman–Crippen MR) is 71.1 cm³/mol. The third-order valence-corrected chi connectivity index (χ3v) is 4.23. The van der Waals surface area contributed by atoms with Crippen molar-refractivity contribution in [2.24, 2.45) is 0 Å². The number of pyridine rings is 1. The van der Waals surface area contributed by atoms with E-state index in [1.165, 1.54) is 6.42 Å². The maximum Gasteiger partial charge on any atom is 0.143 e. The van der Waals surface area contributed by atoms with Crippen molar-refractivity contribution in [1.82, 2.24) is 4.98 Å². The topological polar surface area (TPSA) is 51.6 Å². The molecule has 1 aromatic heterocycles. The number of nitrogens with zero attached hydrogens (tertiary/aromatic N) is 1. The Bertz CT molecular complexity index is 457. The SMILES string of the molecule is Cc1ccc(OC2CCOC3(CCC3)C2)c(CO)n1. The summed E-state index contributed by atoms with van der Waals surface area (Å²) in [6.07, 6.45) is 5.65. The van der Waals surface area contributed by atoms with Crippen LogP contribution in [0.2, 0.25) is 0 Å². The van der Waals surface area contributed by atoms with Gasteiger partial charge < -0.3 is 14.6 Å². The van der Waals surface area contributed by atoms with E-state index in [0.29, 0.717) is 5.69 Å². The van der Waals surface area contributed by atoms with Crippen LogP contribution in [0.15, 0.2) is 12.1 Å². The van der Waals surface area contributed by atoms with Crippen LogP contribution in [0, 0.1) is 6.92 Å². The molecule has 1 aromatic rings. The highest BCUT2D eigenvalue weighted by atomic mass is 16.5. The van der Waals surface area contributed by atoms with Gasteiger partial charge in [-0.25, -0.2) is 0 Å². The first-order chi connectivity index (χ1) is 9.21. The number of hydrogen-bond acceptors (Lipinski definition) is 4. The van der Waals surface area contributed by atoms with E-state index >= 15 is 0 Å². The van der Waals surface area contributed by atoms with E-state index in [2.05, 4.69) is 4.98 Å². The fourth-order valence-electron chi connectivity index (χ4n) is 3.00. The fraction of sp³-hybridized carbons (Fsp3) is 0.667. The summed E-state index contributed by atoms with van der Waals surface area (Å²) >= 11 is 0. The number of aliphatic hydroxyl groups excluding tert-OH is 1. The Labute approximate surface area is 113 Å². The normalized spacial score (nSPS) is 25.1. The van der Waals surface area contributed by atoms with Gasteiger partial charge in [-0.1, -0.05) is 0 Å². The smallest absolute Gasteiger partial charge is 0.143 e. The second-order valence-corrected chi connectivity index (χ2v) is 5.67. The highest BCUT2D eigenvalue weighted by Crippen LogP contribution is 2.43. The number of aromatic nitrogens is 1. The Kier molecular flexibility index (Phi) is 3.46. The molecule has 2 fully saturated rings. The van der Waals surface area contributed by atoms with Gasteiger partial charge in [-0.2, -0.15) is 0 Å². The van der Waals surface area contributed by atoms with Crippen LogP contribution in [-0.4, -0.2) is 28.4 Å². The van der Waals surface area contributed by atoms with E-state index < -0.39 is 0 Å². The summed E-state index contributed by atoms with van der Waals surface area (Å²) in [7, 11) is 0. The third kappa shape index (κ3) is 2.60. The largest absolute Gasteiger partial charge is 0.488 e. The summed E-state index contributed by atoms with van der Waals surface area (Å²) in [5, 5.41) is 9.37. The molecule has 1 N–H and O–H groups in total. The molecule has 1 aliphatic heterocycles. The summed E-state index contributed by atoms with van der Waals surface area (Å²) in [6.45, 7) is 2.62. The summed E-state index contributed by atoms with van der Waals surface area (Å²) < 4.78 is 12.0. The average molecular weight is 263 g/mol. The number of aryl methyl sites for hydroxylation is 1. The van der Waals surface area contributed by atoms with Crippen LogP contribution in [0.5, 0.6) is 5.75 Å². The minimum Gasteiger partial charge on any atom is -0.488 e. The molecule has 3 rings (SSSR count). The molecule has 0 aromatic carbocycles. The molecule has 2 aliphatic rings. The molecule has 1 saturated heterocycles. The van der Waals surface area contributed by atoms with Crippen molar-refractivity contribution < 1.29 is 14.6 Å². The van der Waals surface area contributed by atoms with Crippen LogP contribution >= 0.6 is 0 Å². The van der Waals surface area contributed by atoms with Gasteiger partial charge in [-0.3, -0.25) is 4.98 Å². The number of hydrogen-bond donors (Lipinski definition) is 1. The van der Waals surface area contributed by atoms with Gasteiger partial charge in [-0.15, -0.1) is 0 Å². The maximum atomic E-state index is 9.37. The number of ether oxygens (including phenoxy) is 2. The van der Waals surface area contributed by atoms with Crippen molar-refractivity contribution in [3.8, 4) is 5.75 Å². The van der Waals surface area contributed by atoms with Gasteiger partial charge in [0.25, 0.3) is 0 Å². The van der Waals surface area contributed by atoms with Crippen molar-refractivity contribution in [3.05, 3.63) is 23.5 Å². The van der Waals surface area contributed by atoms with Crippen LogP contribution in [0.4, 0.5) is 0 Å². The van der Waals surface area contributed by atoms with Crippen molar-refractivity contribution in [2.75, 3.05) is 6.61 Å². The Morgan fingerprint density at radius 1 is 1.47 bits per heavy atom. The molecule has 1 atom stereocenters. The van der Waals surface area contributed by atoms with Crippen LogP contribution in [0.25, 0.3) is 0 Å². The summed E-state index contributed by atoms with van der Waals surface area (Å²) in [6, 6.07) is 3.84. The molecule has 0 radical (unpaired) electrons. The number of rotatable bonds is 3. The Morgan fingerprint density at radius 3 is 3.00 bits per heavy atom. The molecular weight excluding hydrogens is 242 g/mol. The van der Waals surface area contributed by atoms with Crippen LogP contribution < -0.4 is 4.74 Å². The lowest BCUT2D eigenvalue weighted by atomic mass is 9.74. The quantitative estimate of drug-likeness (QED) is 0.909. The van der Waals surface area contributed by atoms with Gasteiger partial charge in [0.15, 0.2) is 0 Å². The first-order valence-corrected chi connectivity index (χ1v) is 7.09. The standard InChI is InChI=1S/C15H21NO3/c1-11-3-4-14(13(10-17)16-11)19-12-5-8-18-15(9-12)6-2-7-15/h3-4,12,17H,2,5-10H2,1H3. The molecule has 1 saturated carbocycles. The van der Waals surface area contributed by atoms with Gasteiger partial charge >= 0.3 is 0 Å². The zero-order valence-corrected chi connectivity index (χ0v) is 11.4. The molecule has 0 amide bonds. The first-order valence-electron chi connectivity index (χ1n) is 7.09. The average Bonchev–Trinajstić information content (AvgIpc) is 2.39. The number of aliphatic hydroxyl groups is 1. The summed E-state index contributed by atoms with van der Waals surface area (Å²) in [4.78, 5) is 4.32. The van der Waals surface area contributed by atoms with Gasteiger partial charge in [0.1, 0.15) is 17.5 Å². The van der Waals surface area contributed by atoms with E-state index in [4.69, 9.17) is 9.47 Å². The van der Waals surface area contributed by atoms with E-state index in [1.54, 1.807) is 0 Å². The Hall–Kier alpha value is -1.13. The fourth-order valence-corrected chi connectivity index (χ4v) is 3.00. The highest BCUT2D eigenvalue weighted by Gasteiger charge is 2.43. The summed E-state index contributed by atoms with van der Waals surface area (Å²) in [5.41, 5.74) is 1.62. The van der Waals surface area contributed by atoms with Crippen molar-refractivity contribution in [2.45, 2.75) is 57.3 Å². The maximum absolute atomic E-state index is 9.37. The first kappa shape index (κ1) is 12.9. The molecular formula is C15H21NO3. The molecule has 104 valence electrons. The molecule has 19 heavy (non-hydrogen) atoms. The summed E-state index contributed by atoms with van der Waals surface area (Å²) in [5.74, 6) is 0.717. The van der Waals surface area contributed by atoms with Crippen LogP contribution in [0.1, 0.15) is 43.5 Å². The highest BCUT2D eigenvalue weighted by molar-refractivity contribution is 5.29. The van der Waals surface area contributed by atoms with E-state index in [1.807, 2.05) is 19.1 Å². The Balaban J connectivity index is 1.70. The molecule has 2 heterocycles. The van der Waals surface area contributed by atoms with Crippen LogP contribution in [0.3, 0.4) is 0 Å². The molecule has 0 bridgehead atoms. The van der Waals surface area contributed by atoms with Crippen molar-refractivity contribution in [3.63, 3.8) is 0 Å². The van der Waals surface area contributed by atoms with E-state index in [9.17, 15) is 5.11 Å². The molecule has 1 unspecified atom stereocenters. The van der Waals surface area contributed by atoms with E-state index in [0.717, 1.165) is 43.7 Å². The second-order valence-electron chi connectivity index (χ2n) is 5.67. The van der Waals surface area contributed by atoms with Gasteiger partial charge in [0.05, 0.1) is 18.8 Å². The lowest BCUT2D eigenvalue weighted by molar-refractivity contribution is -0.153. The molecule has 1 aliphatic carbocycles. The van der Waals surface area contributed by atoms with Gasteiger partial charge in [0, 0.05) is 18.5 Å². The molecule has 4 heteroatoms.